The Morgan fingerprint density at radius 2 is 1.79 bits per heavy atom. The van der Waals surface area contributed by atoms with Crippen LogP contribution in [0, 0.1) is 0 Å². The van der Waals surface area contributed by atoms with Crippen molar-refractivity contribution in [3.8, 4) is 5.75 Å². The molecule has 0 heterocycles. The molecule has 0 spiro atoms. The molecule has 0 aromatic heterocycles. The second-order valence-electron chi connectivity index (χ2n) is 5.91. The van der Waals surface area contributed by atoms with Gasteiger partial charge in [0.15, 0.2) is 0 Å². The third-order valence-electron chi connectivity index (χ3n) is 3.94. The number of ether oxygens (including phenoxy) is 2. The number of aromatic carboxylic acids is 1. The molecule has 1 atom stereocenters. The van der Waals surface area contributed by atoms with Crippen LogP contribution in [0.4, 0.5) is 13.2 Å². The molecular formula is C20H18F3O5-. The van der Waals surface area contributed by atoms with Crippen molar-refractivity contribution in [2.24, 2.45) is 0 Å². The summed E-state index contributed by atoms with van der Waals surface area (Å²) in [6.07, 6.45) is -5.91. The second-order valence-corrected chi connectivity index (χ2v) is 5.91. The lowest BCUT2D eigenvalue weighted by Crippen LogP contribution is -2.30. The van der Waals surface area contributed by atoms with E-state index < -0.39 is 41.6 Å². The Morgan fingerprint density at radius 1 is 1.11 bits per heavy atom. The monoisotopic (exact) mass is 395 g/mol. The van der Waals surface area contributed by atoms with Crippen LogP contribution in [0.25, 0.3) is 0 Å². The lowest BCUT2D eigenvalue weighted by molar-refractivity contribution is -0.255. The number of esters is 1. The molecule has 0 aliphatic carbocycles. The zero-order valence-corrected chi connectivity index (χ0v) is 15.0. The van der Waals surface area contributed by atoms with Crippen LogP contribution >= 0.6 is 0 Å². The maximum atomic E-state index is 13.6. The van der Waals surface area contributed by atoms with Crippen LogP contribution in [0.3, 0.4) is 0 Å². The Hall–Kier alpha value is -3.03. The zero-order chi connectivity index (χ0) is 20.7. The first-order valence-corrected chi connectivity index (χ1v) is 8.46. The van der Waals surface area contributed by atoms with Crippen molar-refractivity contribution in [1.29, 1.82) is 0 Å². The maximum Gasteiger partial charge on any atom is 0.396 e. The molecule has 28 heavy (non-hydrogen) atoms. The van der Waals surface area contributed by atoms with Gasteiger partial charge >= 0.3 is 12.1 Å². The number of hydrogen-bond acceptors (Lipinski definition) is 5. The van der Waals surface area contributed by atoms with Gasteiger partial charge in [-0.1, -0.05) is 30.3 Å². The average molecular weight is 395 g/mol. The summed E-state index contributed by atoms with van der Waals surface area (Å²) in [5.41, 5.74) is -0.475. The van der Waals surface area contributed by atoms with Crippen LogP contribution in [0.2, 0.25) is 0 Å². The summed E-state index contributed by atoms with van der Waals surface area (Å²) in [6.45, 7) is 1.46. The van der Waals surface area contributed by atoms with Crippen LogP contribution in [-0.2, 0) is 16.1 Å². The molecule has 2 aromatic rings. The zero-order valence-electron chi connectivity index (χ0n) is 15.0. The Kier molecular flexibility index (Phi) is 7.03. The third-order valence-corrected chi connectivity index (χ3v) is 3.94. The number of carboxylic acid groups (broad SMARTS) is 1. The first kappa shape index (κ1) is 21.3. The quantitative estimate of drug-likeness (QED) is 0.642. The summed E-state index contributed by atoms with van der Waals surface area (Å²) in [5, 5.41) is 11.3. The van der Waals surface area contributed by atoms with E-state index in [1.54, 1.807) is 30.3 Å². The molecule has 0 fully saturated rings. The van der Waals surface area contributed by atoms with Gasteiger partial charge in [0.1, 0.15) is 12.4 Å². The van der Waals surface area contributed by atoms with Gasteiger partial charge in [0.25, 0.3) is 0 Å². The number of rotatable bonds is 8. The standard InChI is InChI=1S/C20H19F3O5/c1-2-27-18(24)11-17(20(21,22)23)16-10-14(8-9-15(16)19(25)26)28-12-13-6-4-3-5-7-13/h3-10,17H,2,11-12H2,1H3,(H,25,26)/p-1/t17-/m1/s1. The molecule has 0 N–H and O–H groups in total. The van der Waals surface area contributed by atoms with E-state index in [1.165, 1.54) is 13.0 Å². The van der Waals surface area contributed by atoms with Gasteiger partial charge in [-0.15, -0.1) is 0 Å². The molecule has 8 heteroatoms. The summed E-state index contributed by atoms with van der Waals surface area (Å²) >= 11 is 0. The fourth-order valence-corrected chi connectivity index (χ4v) is 2.63. The third kappa shape index (κ3) is 5.73. The number of halogens is 3. The van der Waals surface area contributed by atoms with Crippen molar-refractivity contribution in [3.05, 3.63) is 65.2 Å². The molecule has 2 rings (SSSR count). The minimum atomic E-state index is -4.87. The molecule has 2 aromatic carbocycles. The van der Waals surface area contributed by atoms with Gasteiger partial charge in [0, 0.05) is 5.56 Å². The lowest BCUT2D eigenvalue weighted by atomic mass is 9.90. The Balaban J connectivity index is 2.36. The molecule has 0 aliphatic heterocycles. The summed E-state index contributed by atoms with van der Waals surface area (Å²) in [5.74, 6) is -5.17. The molecule has 0 amide bonds. The van der Waals surface area contributed by atoms with Gasteiger partial charge in [-0.2, -0.15) is 13.2 Å². The molecular weight excluding hydrogens is 377 g/mol. The van der Waals surface area contributed by atoms with Crippen LogP contribution in [0.5, 0.6) is 5.75 Å². The first-order valence-electron chi connectivity index (χ1n) is 8.46. The predicted molar refractivity (Wildman–Crippen MR) is 91.6 cm³/mol. The van der Waals surface area contributed by atoms with Gasteiger partial charge < -0.3 is 19.4 Å². The minimum absolute atomic E-state index is 0.0435. The summed E-state index contributed by atoms with van der Waals surface area (Å²) in [7, 11) is 0. The van der Waals surface area contributed by atoms with E-state index >= 15 is 0 Å². The smallest absolute Gasteiger partial charge is 0.396 e. The Labute approximate surface area is 159 Å². The molecule has 5 nitrogen and oxygen atoms in total. The van der Waals surface area contributed by atoms with Crippen molar-refractivity contribution in [2.45, 2.75) is 32.0 Å². The van der Waals surface area contributed by atoms with Crippen LogP contribution < -0.4 is 9.84 Å². The summed E-state index contributed by atoms with van der Waals surface area (Å²) in [6, 6.07) is 12.1. The van der Waals surface area contributed by atoms with Crippen LogP contribution in [0.15, 0.2) is 48.5 Å². The molecule has 150 valence electrons. The van der Waals surface area contributed by atoms with E-state index in [9.17, 15) is 27.9 Å². The van der Waals surface area contributed by atoms with Crippen molar-refractivity contribution in [1.82, 2.24) is 0 Å². The van der Waals surface area contributed by atoms with Crippen molar-refractivity contribution in [3.63, 3.8) is 0 Å². The molecule has 0 saturated heterocycles. The highest BCUT2D eigenvalue weighted by atomic mass is 19.4. The highest BCUT2D eigenvalue weighted by Gasteiger charge is 2.43. The minimum Gasteiger partial charge on any atom is -0.545 e. The van der Waals surface area contributed by atoms with Crippen LogP contribution in [-0.4, -0.2) is 24.7 Å². The normalized spacial score (nSPS) is 12.3. The SMILES string of the molecule is CCOC(=O)C[C@H](c1cc(OCc2ccccc2)ccc1C(=O)[O-])C(F)(F)F. The van der Waals surface area contributed by atoms with Gasteiger partial charge in [0.05, 0.1) is 24.9 Å². The average Bonchev–Trinajstić information content (AvgIpc) is 2.64. The topological polar surface area (TPSA) is 75.7 Å². The molecule has 0 unspecified atom stereocenters. The van der Waals surface area contributed by atoms with Gasteiger partial charge in [-0.25, -0.2) is 0 Å². The van der Waals surface area contributed by atoms with E-state index in [2.05, 4.69) is 4.74 Å². The van der Waals surface area contributed by atoms with E-state index in [4.69, 9.17) is 4.74 Å². The summed E-state index contributed by atoms with van der Waals surface area (Å²) < 4.78 is 50.8. The largest absolute Gasteiger partial charge is 0.545 e. The lowest BCUT2D eigenvalue weighted by Gasteiger charge is -2.23. The molecule has 0 radical (unpaired) electrons. The fourth-order valence-electron chi connectivity index (χ4n) is 2.63. The van der Waals surface area contributed by atoms with Crippen molar-refractivity contribution in [2.75, 3.05) is 6.61 Å². The number of alkyl halides is 3. The van der Waals surface area contributed by atoms with E-state index in [-0.39, 0.29) is 19.0 Å². The van der Waals surface area contributed by atoms with Gasteiger partial charge in [-0.3, -0.25) is 4.79 Å². The highest BCUT2D eigenvalue weighted by molar-refractivity contribution is 5.88. The number of carbonyl (C=O) groups excluding carboxylic acids is 2. The van der Waals surface area contributed by atoms with E-state index in [0.717, 1.165) is 17.7 Å². The maximum absolute atomic E-state index is 13.6. The highest BCUT2D eigenvalue weighted by Crippen LogP contribution is 2.40. The van der Waals surface area contributed by atoms with E-state index in [0.29, 0.717) is 0 Å². The number of hydrogen-bond donors (Lipinski definition) is 0. The number of carbonyl (C=O) groups is 2. The van der Waals surface area contributed by atoms with E-state index in [1.807, 2.05) is 0 Å². The first-order chi connectivity index (χ1) is 13.2. The van der Waals surface area contributed by atoms with Crippen LogP contribution in [0.1, 0.15) is 40.7 Å². The van der Waals surface area contributed by atoms with Gasteiger partial charge in [0.2, 0.25) is 0 Å². The molecule has 0 bridgehead atoms. The second kappa shape index (κ2) is 9.25. The molecule has 0 saturated carbocycles. The van der Waals surface area contributed by atoms with Gasteiger partial charge in [-0.05, 0) is 36.2 Å². The number of benzene rings is 2. The van der Waals surface area contributed by atoms with Crippen molar-refractivity contribution < 1.29 is 37.3 Å². The summed E-state index contributed by atoms with van der Waals surface area (Å²) in [4.78, 5) is 23.0. The Morgan fingerprint density at radius 3 is 2.36 bits per heavy atom. The molecule has 0 aliphatic rings. The predicted octanol–water partition coefficient (Wildman–Crippen LogP) is 3.23. The Bertz CT molecular complexity index is 818. The van der Waals surface area contributed by atoms with Crippen molar-refractivity contribution >= 4 is 11.9 Å². The fraction of sp³-hybridized carbons (Fsp3) is 0.300. The number of carboxylic acids is 1.